The van der Waals surface area contributed by atoms with E-state index in [1.54, 1.807) is 12.1 Å². The molecule has 2 rings (SSSR count). The molecule has 4 nitrogen and oxygen atoms in total. The highest BCUT2D eigenvalue weighted by molar-refractivity contribution is 5.96. The summed E-state index contributed by atoms with van der Waals surface area (Å²) < 4.78 is 0. The van der Waals surface area contributed by atoms with Crippen LogP contribution in [0.2, 0.25) is 0 Å². The number of rotatable bonds is 2. The molecule has 0 fully saturated rings. The van der Waals surface area contributed by atoms with Crippen LogP contribution in [0.3, 0.4) is 0 Å². The molecule has 0 amide bonds. The number of carbonyl (C=O) groups is 1. The van der Waals surface area contributed by atoms with E-state index in [9.17, 15) is 9.90 Å². The maximum atomic E-state index is 11.9. The van der Waals surface area contributed by atoms with Crippen LogP contribution in [0, 0.1) is 5.41 Å². The molecular formula is C14H16N2O2. The van der Waals surface area contributed by atoms with Crippen molar-refractivity contribution in [3.05, 3.63) is 41.8 Å². The minimum Gasteiger partial charge on any atom is -0.510 e. The number of azo groups is 1. The molecule has 4 heteroatoms. The van der Waals surface area contributed by atoms with Gasteiger partial charge in [-0.25, -0.2) is 0 Å². The third kappa shape index (κ3) is 2.83. The van der Waals surface area contributed by atoms with Gasteiger partial charge in [-0.15, -0.1) is 5.11 Å². The van der Waals surface area contributed by atoms with Crippen LogP contribution < -0.4 is 0 Å². The zero-order valence-corrected chi connectivity index (χ0v) is 10.6. The Labute approximate surface area is 106 Å². The molecule has 0 bridgehead atoms. The molecule has 0 radical (unpaired) electrons. The van der Waals surface area contributed by atoms with Gasteiger partial charge in [0.2, 0.25) is 0 Å². The van der Waals surface area contributed by atoms with E-state index in [0.29, 0.717) is 18.5 Å². The summed E-state index contributed by atoms with van der Waals surface area (Å²) in [6, 6.07) is 9.14. The second-order valence-electron chi connectivity index (χ2n) is 5.27. The molecule has 0 aromatic heterocycles. The van der Waals surface area contributed by atoms with E-state index in [-0.39, 0.29) is 22.7 Å². The van der Waals surface area contributed by atoms with Crippen LogP contribution >= 0.6 is 0 Å². The zero-order chi connectivity index (χ0) is 13.2. The van der Waals surface area contributed by atoms with Gasteiger partial charge in [-0.05, 0) is 17.5 Å². The van der Waals surface area contributed by atoms with Crippen molar-refractivity contribution >= 4 is 11.5 Å². The summed E-state index contributed by atoms with van der Waals surface area (Å²) in [6.07, 6.45) is 0.849. The standard InChI is InChI=1S/C14H16N2O2/c1-14(2)8-11(17)13(12(18)9-14)16-15-10-6-4-3-5-7-10/h3-7,17H,8-9H2,1-2H3. The fraction of sp³-hybridized carbons (Fsp3) is 0.357. The number of hydrogen-bond donors (Lipinski definition) is 1. The van der Waals surface area contributed by atoms with Crippen molar-refractivity contribution in [1.29, 1.82) is 0 Å². The Morgan fingerprint density at radius 2 is 1.78 bits per heavy atom. The summed E-state index contributed by atoms with van der Waals surface area (Å²) in [5.74, 6) is -0.112. The van der Waals surface area contributed by atoms with Gasteiger partial charge in [0.05, 0.1) is 5.69 Å². The molecule has 0 atom stereocenters. The van der Waals surface area contributed by atoms with E-state index in [0.717, 1.165) is 0 Å². The average Bonchev–Trinajstić information content (AvgIpc) is 2.27. The van der Waals surface area contributed by atoms with Crippen LogP contribution in [0.15, 0.2) is 52.0 Å². The van der Waals surface area contributed by atoms with Crippen molar-refractivity contribution in [2.45, 2.75) is 26.7 Å². The van der Waals surface area contributed by atoms with Gasteiger partial charge in [0, 0.05) is 12.8 Å². The number of allylic oxidation sites excluding steroid dienone is 2. The summed E-state index contributed by atoms with van der Waals surface area (Å²) in [5, 5.41) is 17.7. The smallest absolute Gasteiger partial charge is 0.187 e. The zero-order valence-electron chi connectivity index (χ0n) is 10.6. The Hall–Kier alpha value is -1.97. The van der Waals surface area contributed by atoms with Crippen LogP contribution in [0.4, 0.5) is 5.69 Å². The molecule has 1 N–H and O–H groups in total. The first-order valence-electron chi connectivity index (χ1n) is 5.90. The summed E-state index contributed by atoms with van der Waals surface area (Å²) in [7, 11) is 0. The molecule has 0 unspecified atom stereocenters. The Bertz CT molecular complexity index is 516. The summed E-state index contributed by atoms with van der Waals surface area (Å²) >= 11 is 0. The first-order valence-corrected chi connectivity index (χ1v) is 5.90. The van der Waals surface area contributed by atoms with Gasteiger partial charge in [0.25, 0.3) is 0 Å². The molecule has 0 spiro atoms. The van der Waals surface area contributed by atoms with Gasteiger partial charge in [-0.1, -0.05) is 32.0 Å². The number of hydrogen-bond acceptors (Lipinski definition) is 4. The van der Waals surface area contributed by atoms with Crippen LogP contribution in [-0.4, -0.2) is 10.9 Å². The maximum Gasteiger partial charge on any atom is 0.187 e. The van der Waals surface area contributed by atoms with Crippen molar-refractivity contribution < 1.29 is 9.90 Å². The topological polar surface area (TPSA) is 62.0 Å². The Balaban J connectivity index is 2.24. The van der Waals surface area contributed by atoms with Crippen molar-refractivity contribution in [2.75, 3.05) is 0 Å². The van der Waals surface area contributed by atoms with Gasteiger partial charge in [-0.3, -0.25) is 4.79 Å². The second-order valence-corrected chi connectivity index (χ2v) is 5.27. The largest absolute Gasteiger partial charge is 0.510 e. The van der Waals surface area contributed by atoms with E-state index in [4.69, 9.17) is 0 Å². The van der Waals surface area contributed by atoms with Crippen molar-refractivity contribution in [3.8, 4) is 0 Å². The number of Topliss-reactive ketones (excluding diaryl/α,β-unsaturated/α-hetero) is 1. The third-order valence-electron chi connectivity index (χ3n) is 2.84. The van der Waals surface area contributed by atoms with Crippen molar-refractivity contribution in [2.24, 2.45) is 15.6 Å². The lowest BCUT2D eigenvalue weighted by Crippen LogP contribution is -2.25. The van der Waals surface area contributed by atoms with E-state index < -0.39 is 0 Å². The molecule has 18 heavy (non-hydrogen) atoms. The van der Waals surface area contributed by atoms with Crippen LogP contribution in [-0.2, 0) is 4.79 Å². The maximum absolute atomic E-state index is 11.9. The first-order chi connectivity index (χ1) is 8.48. The van der Waals surface area contributed by atoms with E-state index >= 15 is 0 Å². The molecular weight excluding hydrogens is 228 g/mol. The molecule has 1 aliphatic carbocycles. The first kappa shape index (κ1) is 12.5. The van der Waals surface area contributed by atoms with Crippen LogP contribution in [0.1, 0.15) is 26.7 Å². The van der Waals surface area contributed by atoms with Crippen molar-refractivity contribution in [1.82, 2.24) is 0 Å². The summed E-state index contributed by atoms with van der Waals surface area (Å²) in [5.41, 5.74) is 0.557. The summed E-state index contributed by atoms with van der Waals surface area (Å²) in [4.78, 5) is 11.9. The number of carbonyl (C=O) groups excluding carboxylic acids is 1. The predicted octanol–water partition coefficient (Wildman–Crippen LogP) is 3.93. The Morgan fingerprint density at radius 1 is 1.11 bits per heavy atom. The number of nitrogens with zero attached hydrogens (tertiary/aromatic N) is 2. The van der Waals surface area contributed by atoms with E-state index in [1.165, 1.54) is 0 Å². The molecule has 1 aliphatic rings. The van der Waals surface area contributed by atoms with E-state index in [2.05, 4.69) is 10.2 Å². The Morgan fingerprint density at radius 3 is 2.39 bits per heavy atom. The SMILES string of the molecule is CC1(C)CC(=O)C(N=Nc2ccccc2)=C(O)C1. The number of aliphatic hydroxyl groups excluding tert-OH is 1. The lowest BCUT2D eigenvalue weighted by molar-refractivity contribution is -0.118. The lowest BCUT2D eigenvalue weighted by Gasteiger charge is -2.27. The van der Waals surface area contributed by atoms with Gasteiger partial charge in [0.1, 0.15) is 5.76 Å². The number of ketones is 1. The third-order valence-corrected chi connectivity index (χ3v) is 2.84. The highest BCUT2D eigenvalue weighted by Crippen LogP contribution is 2.36. The van der Waals surface area contributed by atoms with Crippen LogP contribution in [0.5, 0.6) is 0 Å². The predicted molar refractivity (Wildman–Crippen MR) is 68.6 cm³/mol. The van der Waals surface area contributed by atoms with Gasteiger partial charge in [-0.2, -0.15) is 5.11 Å². The van der Waals surface area contributed by atoms with E-state index in [1.807, 2.05) is 32.0 Å². The summed E-state index contributed by atoms with van der Waals surface area (Å²) in [6.45, 7) is 3.90. The highest BCUT2D eigenvalue weighted by atomic mass is 16.3. The van der Waals surface area contributed by atoms with Crippen LogP contribution in [0.25, 0.3) is 0 Å². The van der Waals surface area contributed by atoms with Gasteiger partial charge in [0.15, 0.2) is 11.5 Å². The minimum atomic E-state index is -0.201. The number of aliphatic hydroxyl groups is 1. The van der Waals surface area contributed by atoms with Gasteiger partial charge >= 0.3 is 0 Å². The minimum absolute atomic E-state index is 0.0379. The molecule has 1 aromatic rings. The van der Waals surface area contributed by atoms with Crippen molar-refractivity contribution in [3.63, 3.8) is 0 Å². The number of benzene rings is 1. The van der Waals surface area contributed by atoms with Gasteiger partial charge < -0.3 is 5.11 Å². The molecule has 0 aliphatic heterocycles. The normalized spacial score (nSPS) is 19.6. The molecule has 0 saturated carbocycles. The average molecular weight is 244 g/mol. The Kier molecular flexibility index (Phi) is 3.28. The molecule has 0 heterocycles. The monoisotopic (exact) mass is 244 g/mol. The fourth-order valence-corrected chi connectivity index (χ4v) is 1.99. The quantitative estimate of drug-likeness (QED) is 0.801. The molecule has 0 saturated heterocycles. The lowest BCUT2D eigenvalue weighted by atomic mass is 9.78. The molecule has 1 aromatic carbocycles. The molecule has 94 valence electrons. The fourth-order valence-electron chi connectivity index (χ4n) is 1.99. The highest BCUT2D eigenvalue weighted by Gasteiger charge is 2.33. The second kappa shape index (κ2) is 4.72.